The first-order valence-corrected chi connectivity index (χ1v) is 10.2. The molecule has 0 saturated carbocycles. The molecule has 3 aromatic rings. The largest absolute Gasteiger partial charge is 0.461 e. The van der Waals surface area contributed by atoms with Gasteiger partial charge in [0.1, 0.15) is 6.61 Å². The quantitative estimate of drug-likeness (QED) is 0.423. The van der Waals surface area contributed by atoms with Gasteiger partial charge in [-0.15, -0.1) is 10.2 Å². The van der Waals surface area contributed by atoms with Gasteiger partial charge in [0.15, 0.2) is 10.9 Å². The summed E-state index contributed by atoms with van der Waals surface area (Å²) in [4.78, 5) is 12.1. The Morgan fingerprint density at radius 3 is 2.86 bits per heavy atom. The summed E-state index contributed by atoms with van der Waals surface area (Å²) in [7, 11) is 0. The van der Waals surface area contributed by atoms with Crippen LogP contribution in [0.3, 0.4) is 0 Å². The Morgan fingerprint density at radius 2 is 2.11 bits per heavy atom. The van der Waals surface area contributed by atoms with Crippen molar-refractivity contribution in [2.75, 3.05) is 12.4 Å². The first-order chi connectivity index (χ1) is 13.8. The van der Waals surface area contributed by atoms with Gasteiger partial charge in [-0.3, -0.25) is 9.36 Å². The van der Waals surface area contributed by atoms with Gasteiger partial charge in [0.2, 0.25) is 5.82 Å². The van der Waals surface area contributed by atoms with Crippen LogP contribution in [0.1, 0.15) is 18.4 Å². The zero-order valence-corrected chi connectivity index (χ0v) is 16.1. The highest BCUT2D eigenvalue weighted by Gasteiger charge is 2.23. The average Bonchev–Trinajstić information content (AvgIpc) is 3.48. The van der Waals surface area contributed by atoms with Crippen LogP contribution in [-0.4, -0.2) is 39.2 Å². The summed E-state index contributed by atoms with van der Waals surface area (Å²) in [5.74, 6) is 1.15. The van der Waals surface area contributed by atoms with Crippen LogP contribution in [0, 0.1) is 0 Å². The van der Waals surface area contributed by atoms with E-state index in [1.54, 1.807) is 6.26 Å². The third-order valence-electron chi connectivity index (χ3n) is 4.43. The Morgan fingerprint density at radius 1 is 1.21 bits per heavy atom. The van der Waals surface area contributed by atoms with Crippen molar-refractivity contribution >= 4 is 17.7 Å². The maximum atomic E-state index is 12.1. The number of thioether (sulfide) groups is 1. The number of benzene rings is 1. The molecule has 146 valence electrons. The summed E-state index contributed by atoms with van der Waals surface area (Å²) >= 11 is 1.31. The van der Waals surface area contributed by atoms with Crippen molar-refractivity contribution in [2.24, 2.45) is 0 Å². The molecule has 0 spiro atoms. The monoisotopic (exact) mass is 399 g/mol. The number of carbonyl (C=O) groups is 1. The van der Waals surface area contributed by atoms with Gasteiger partial charge in [0.05, 0.1) is 24.7 Å². The molecule has 0 bridgehead atoms. The lowest BCUT2D eigenvalue weighted by atomic mass is 10.2. The third kappa shape index (κ3) is 4.63. The molecular formula is C20H21N3O4S. The second-order valence-electron chi connectivity index (χ2n) is 6.46. The number of aromatic nitrogens is 3. The molecule has 0 aliphatic carbocycles. The second kappa shape index (κ2) is 9.07. The molecule has 7 nitrogen and oxygen atoms in total. The van der Waals surface area contributed by atoms with Crippen molar-refractivity contribution in [2.45, 2.75) is 37.3 Å². The molecule has 1 atom stereocenters. The second-order valence-corrected chi connectivity index (χ2v) is 7.41. The summed E-state index contributed by atoms with van der Waals surface area (Å²) in [5.41, 5.74) is 0.961. The molecule has 3 heterocycles. The highest BCUT2D eigenvalue weighted by Crippen LogP contribution is 2.27. The lowest BCUT2D eigenvalue weighted by Gasteiger charge is -2.13. The number of rotatable bonds is 8. The van der Waals surface area contributed by atoms with E-state index in [4.69, 9.17) is 13.9 Å². The first kappa shape index (κ1) is 18.8. The predicted octanol–water partition coefficient (Wildman–Crippen LogP) is 3.55. The van der Waals surface area contributed by atoms with E-state index in [1.807, 2.05) is 47.0 Å². The fourth-order valence-corrected chi connectivity index (χ4v) is 3.79. The van der Waals surface area contributed by atoms with Crippen molar-refractivity contribution in [3.63, 3.8) is 0 Å². The molecule has 4 rings (SSSR count). The standard InChI is InChI=1S/C20H21N3O4S/c24-18(27-13-15-6-2-1-3-7-15)14-28-20-22-21-19(17-9-5-11-26-17)23(20)12-16-8-4-10-25-16/h1-3,5-7,9,11,16H,4,8,10,12-14H2. The maximum absolute atomic E-state index is 12.1. The van der Waals surface area contributed by atoms with Crippen molar-refractivity contribution in [1.82, 2.24) is 14.8 Å². The molecule has 1 aromatic carbocycles. The van der Waals surface area contributed by atoms with Crippen LogP contribution in [0.4, 0.5) is 0 Å². The Bertz CT molecular complexity index is 890. The van der Waals surface area contributed by atoms with Gasteiger partial charge >= 0.3 is 5.97 Å². The Labute approximate surface area is 167 Å². The molecule has 1 saturated heterocycles. The fraction of sp³-hybridized carbons (Fsp3) is 0.350. The van der Waals surface area contributed by atoms with E-state index < -0.39 is 0 Å². The molecule has 1 unspecified atom stereocenters. The van der Waals surface area contributed by atoms with Crippen LogP contribution >= 0.6 is 11.8 Å². The number of esters is 1. The normalized spacial score (nSPS) is 16.4. The molecule has 0 N–H and O–H groups in total. The van der Waals surface area contributed by atoms with Crippen molar-refractivity contribution in [3.8, 4) is 11.6 Å². The van der Waals surface area contributed by atoms with E-state index in [1.165, 1.54) is 11.8 Å². The summed E-state index contributed by atoms with van der Waals surface area (Å²) in [6.07, 6.45) is 3.78. The summed E-state index contributed by atoms with van der Waals surface area (Å²) in [5, 5.41) is 9.17. The highest BCUT2D eigenvalue weighted by atomic mass is 32.2. The lowest BCUT2D eigenvalue weighted by molar-refractivity contribution is -0.141. The van der Waals surface area contributed by atoms with Gasteiger partial charge in [-0.05, 0) is 30.5 Å². The zero-order chi connectivity index (χ0) is 19.2. The van der Waals surface area contributed by atoms with Crippen LogP contribution in [0.15, 0.2) is 58.3 Å². The number of ether oxygens (including phenoxy) is 2. The fourth-order valence-electron chi connectivity index (χ4n) is 3.04. The van der Waals surface area contributed by atoms with Gasteiger partial charge in [-0.1, -0.05) is 42.1 Å². The van der Waals surface area contributed by atoms with E-state index in [2.05, 4.69) is 10.2 Å². The van der Waals surface area contributed by atoms with E-state index in [9.17, 15) is 4.79 Å². The minimum Gasteiger partial charge on any atom is -0.461 e. The SMILES string of the molecule is O=C(CSc1nnc(-c2ccco2)n1CC1CCCO1)OCc1ccccc1. The van der Waals surface area contributed by atoms with E-state index in [0.717, 1.165) is 25.0 Å². The van der Waals surface area contributed by atoms with Crippen molar-refractivity contribution in [3.05, 3.63) is 54.3 Å². The molecule has 8 heteroatoms. The van der Waals surface area contributed by atoms with Crippen molar-refractivity contribution < 1.29 is 18.7 Å². The summed E-state index contributed by atoms with van der Waals surface area (Å²) < 4.78 is 18.5. The zero-order valence-electron chi connectivity index (χ0n) is 15.3. The topological polar surface area (TPSA) is 79.4 Å². The van der Waals surface area contributed by atoms with Gasteiger partial charge in [-0.25, -0.2) is 0 Å². The molecule has 28 heavy (non-hydrogen) atoms. The Balaban J connectivity index is 1.41. The molecule has 1 aliphatic heterocycles. The van der Waals surface area contributed by atoms with Crippen LogP contribution < -0.4 is 0 Å². The molecule has 0 amide bonds. The number of carbonyl (C=O) groups excluding carboxylic acids is 1. The highest BCUT2D eigenvalue weighted by molar-refractivity contribution is 7.99. The predicted molar refractivity (Wildman–Crippen MR) is 104 cm³/mol. The number of nitrogens with zero attached hydrogens (tertiary/aromatic N) is 3. The molecule has 1 fully saturated rings. The number of hydrogen-bond acceptors (Lipinski definition) is 7. The molecule has 2 aromatic heterocycles. The van der Waals surface area contributed by atoms with Gasteiger partial charge in [-0.2, -0.15) is 0 Å². The van der Waals surface area contributed by atoms with Crippen LogP contribution in [0.25, 0.3) is 11.6 Å². The number of hydrogen-bond donors (Lipinski definition) is 0. The lowest BCUT2D eigenvalue weighted by Crippen LogP contribution is -2.17. The summed E-state index contributed by atoms with van der Waals surface area (Å²) in [6, 6.07) is 13.3. The molecule has 0 radical (unpaired) electrons. The average molecular weight is 399 g/mol. The minimum absolute atomic E-state index is 0.120. The number of furan rings is 1. The smallest absolute Gasteiger partial charge is 0.316 e. The van der Waals surface area contributed by atoms with E-state index >= 15 is 0 Å². The van der Waals surface area contributed by atoms with E-state index in [-0.39, 0.29) is 24.4 Å². The van der Waals surface area contributed by atoms with Gasteiger partial charge < -0.3 is 13.9 Å². The van der Waals surface area contributed by atoms with Crippen molar-refractivity contribution in [1.29, 1.82) is 0 Å². The Kier molecular flexibility index (Phi) is 6.08. The summed E-state index contributed by atoms with van der Waals surface area (Å²) in [6.45, 7) is 1.67. The van der Waals surface area contributed by atoms with Crippen LogP contribution in [0.5, 0.6) is 0 Å². The van der Waals surface area contributed by atoms with Gasteiger partial charge in [0.25, 0.3) is 0 Å². The first-order valence-electron chi connectivity index (χ1n) is 9.20. The van der Waals surface area contributed by atoms with Crippen LogP contribution in [0.2, 0.25) is 0 Å². The molecule has 1 aliphatic rings. The molecular weight excluding hydrogens is 378 g/mol. The van der Waals surface area contributed by atoms with Crippen LogP contribution in [-0.2, 0) is 27.4 Å². The minimum atomic E-state index is -0.292. The van der Waals surface area contributed by atoms with E-state index in [0.29, 0.717) is 23.3 Å². The maximum Gasteiger partial charge on any atom is 0.316 e. The van der Waals surface area contributed by atoms with Gasteiger partial charge in [0, 0.05) is 6.61 Å². The Hall–Kier alpha value is -2.58. The third-order valence-corrected chi connectivity index (χ3v) is 5.37.